The Balaban J connectivity index is 1.74. The van der Waals surface area contributed by atoms with E-state index in [4.69, 9.17) is 8.94 Å². The number of Topliss-reactive ketones (excluding diaryl/α,β-unsaturated/α-hetero) is 1. The summed E-state index contributed by atoms with van der Waals surface area (Å²) in [6.07, 6.45) is 1.64. The first-order valence-electron chi connectivity index (χ1n) is 7.32. The fourth-order valence-electron chi connectivity index (χ4n) is 2.57. The molecular formula is C17H18N2O3S. The highest BCUT2D eigenvalue weighted by Gasteiger charge is 2.18. The number of nitrogens with zero attached hydrogens (tertiary/aromatic N) is 2. The van der Waals surface area contributed by atoms with Crippen molar-refractivity contribution in [2.45, 2.75) is 26.5 Å². The van der Waals surface area contributed by atoms with Gasteiger partial charge in [0.25, 0.3) is 0 Å². The second-order valence-electron chi connectivity index (χ2n) is 5.41. The quantitative estimate of drug-likeness (QED) is 0.637. The molecule has 0 unspecified atom stereocenters. The number of thioether (sulfide) groups is 1. The maximum absolute atomic E-state index is 12.5. The van der Waals surface area contributed by atoms with E-state index >= 15 is 0 Å². The molecule has 3 aromatic rings. The van der Waals surface area contributed by atoms with Gasteiger partial charge in [0, 0.05) is 23.0 Å². The smallest absolute Gasteiger partial charge is 0.180 e. The van der Waals surface area contributed by atoms with Gasteiger partial charge in [-0.15, -0.1) is 11.8 Å². The Bertz CT molecular complexity index is 815. The number of rotatable bonds is 6. The predicted molar refractivity (Wildman–Crippen MR) is 89.2 cm³/mol. The van der Waals surface area contributed by atoms with Gasteiger partial charge in [0.2, 0.25) is 0 Å². The van der Waals surface area contributed by atoms with Gasteiger partial charge >= 0.3 is 0 Å². The molecule has 0 aliphatic carbocycles. The molecule has 0 amide bonds. The summed E-state index contributed by atoms with van der Waals surface area (Å²) < 4.78 is 12.4. The molecule has 0 atom stereocenters. The maximum atomic E-state index is 12.5. The summed E-state index contributed by atoms with van der Waals surface area (Å²) in [7, 11) is 0. The van der Waals surface area contributed by atoms with Crippen molar-refractivity contribution in [3.63, 3.8) is 0 Å². The summed E-state index contributed by atoms with van der Waals surface area (Å²) in [5.41, 5.74) is 2.59. The lowest BCUT2D eigenvalue weighted by Gasteiger charge is -2.05. The highest BCUT2D eigenvalue weighted by Crippen LogP contribution is 2.23. The van der Waals surface area contributed by atoms with E-state index < -0.39 is 0 Å². The van der Waals surface area contributed by atoms with Crippen molar-refractivity contribution in [1.29, 1.82) is 0 Å². The average Bonchev–Trinajstić information content (AvgIpc) is 3.21. The molecule has 3 aromatic heterocycles. The summed E-state index contributed by atoms with van der Waals surface area (Å²) in [5, 5.41) is 4.04. The van der Waals surface area contributed by atoms with Gasteiger partial charge in [0.1, 0.15) is 11.5 Å². The van der Waals surface area contributed by atoms with Crippen molar-refractivity contribution in [3.8, 4) is 5.82 Å². The molecule has 0 fully saturated rings. The van der Waals surface area contributed by atoms with Gasteiger partial charge in [-0.2, -0.15) is 0 Å². The van der Waals surface area contributed by atoms with Gasteiger partial charge in [-0.1, -0.05) is 5.16 Å². The molecule has 23 heavy (non-hydrogen) atoms. The summed E-state index contributed by atoms with van der Waals surface area (Å²) >= 11 is 1.55. The van der Waals surface area contributed by atoms with Crippen LogP contribution < -0.4 is 0 Å². The molecule has 0 aliphatic heterocycles. The molecule has 120 valence electrons. The third kappa shape index (κ3) is 3.27. The largest absolute Gasteiger partial charge is 0.468 e. The highest BCUT2D eigenvalue weighted by atomic mass is 32.2. The Kier molecular flexibility index (Phi) is 4.43. The molecule has 5 nitrogen and oxygen atoms in total. The molecule has 3 rings (SSSR count). The summed E-state index contributed by atoms with van der Waals surface area (Å²) in [6.45, 7) is 5.74. The first-order valence-corrected chi connectivity index (χ1v) is 8.47. The second kappa shape index (κ2) is 6.50. The van der Waals surface area contributed by atoms with E-state index in [1.807, 2.05) is 49.6 Å². The molecule has 0 saturated carbocycles. The van der Waals surface area contributed by atoms with Crippen LogP contribution in [-0.4, -0.2) is 21.3 Å². The average molecular weight is 330 g/mol. The Morgan fingerprint density at radius 2 is 2.13 bits per heavy atom. The SMILES string of the molecule is Cc1cc(-n2c(C)cc(C(=O)CSCc3ccco3)c2C)no1. The highest BCUT2D eigenvalue weighted by molar-refractivity contribution is 7.99. The predicted octanol–water partition coefficient (Wildman–Crippen LogP) is 4.10. The van der Waals surface area contributed by atoms with Crippen molar-refractivity contribution in [2.75, 3.05) is 5.75 Å². The van der Waals surface area contributed by atoms with Crippen molar-refractivity contribution in [2.24, 2.45) is 0 Å². The molecule has 3 heterocycles. The molecule has 0 N–H and O–H groups in total. The van der Waals surface area contributed by atoms with Gasteiger partial charge in [0.15, 0.2) is 11.6 Å². The van der Waals surface area contributed by atoms with Crippen LogP contribution >= 0.6 is 11.8 Å². The third-order valence-corrected chi connectivity index (χ3v) is 4.59. The van der Waals surface area contributed by atoms with Crippen LogP contribution in [0.1, 0.15) is 33.3 Å². The molecule has 6 heteroatoms. The number of aryl methyl sites for hydroxylation is 2. The number of carbonyl (C=O) groups excluding carboxylic acids is 1. The summed E-state index contributed by atoms with van der Waals surface area (Å²) in [5.74, 6) is 3.56. The van der Waals surface area contributed by atoms with Crippen LogP contribution in [-0.2, 0) is 5.75 Å². The molecule has 0 aromatic carbocycles. The van der Waals surface area contributed by atoms with E-state index in [0.29, 0.717) is 17.3 Å². The van der Waals surface area contributed by atoms with Gasteiger partial charge in [-0.05, 0) is 39.0 Å². The van der Waals surface area contributed by atoms with Crippen molar-refractivity contribution >= 4 is 17.5 Å². The minimum Gasteiger partial charge on any atom is -0.468 e. The summed E-state index contributed by atoms with van der Waals surface area (Å²) in [6, 6.07) is 7.54. The van der Waals surface area contributed by atoms with E-state index in [0.717, 1.165) is 28.5 Å². The van der Waals surface area contributed by atoms with E-state index in [2.05, 4.69) is 5.16 Å². The normalized spacial score (nSPS) is 11.1. The number of hydrogen-bond donors (Lipinski definition) is 0. The Morgan fingerprint density at radius 1 is 1.30 bits per heavy atom. The van der Waals surface area contributed by atoms with Crippen LogP contribution in [0.2, 0.25) is 0 Å². The molecule has 0 aliphatic rings. The van der Waals surface area contributed by atoms with Crippen molar-refractivity contribution in [1.82, 2.24) is 9.72 Å². The first kappa shape index (κ1) is 15.7. The van der Waals surface area contributed by atoms with Crippen LogP contribution in [0.4, 0.5) is 0 Å². The number of furan rings is 1. The maximum Gasteiger partial charge on any atom is 0.180 e. The molecule has 0 saturated heterocycles. The lowest BCUT2D eigenvalue weighted by molar-refractivity contribution is 0.102. The van der Waals surface area contributed by atoms with Crippen LogP contribution in [0.15, 0.2) is 39.5 Å². The van der Waals surface area contributed by atoms with Crippen molar-refractivity contribution < 1.29 is 13.7 Å². The Labute approximate surface area is 138 Å². The van der Waals surface area contributed by atoms with Crippen LogP contribution in [0.25, 0.3) is 5.82 Å². The van der Waals surface area contributed by atoms with Crippen molar-refractivity contribution in [3.05, 3.63) is 59.0 Å². The minimum absolute atomic E-state index is 0.112. The van der Waals surface area contributed by atoms with E-state index in [1.165, 1.54) is 0 Å². The molecule has 0 radical (unpaired) electrons. The van der Waals surface area contributed by atoms with E-state index in [-0.39, 0.29) is 5.78 Å². The topological polar surface area (TPSA) is 61.2 Å². The number of aromatic nitrogens is 2. The van der Waals surface area contributed by atoms with E-state index in [1.54, 1.807) is 18.0 Å². The van der Waals surface area contributed by atoms with E-state index in [9.17, 15) is 4.79 Å². The number of carbonyl (C=O) groups is 1. The number of hydrogen-bond acceptors (Lipinski definition) is 5. The van der Waals surface area contributed by atoms with Gasteiger partial charge in [0.05, 0.1) is 17.8 Å². The zero-order valence-corrected chi connectivity index (χ0v) is 14.1. The second-order valence-corrected chi connectivity index (χ2v) is 6.40. The number of ketones is 1. The lowest BCUT2D eigenvalue weighted by atomic mass is 10.2. The zero-order chi connectivity index (χ0) is 16.4. The van der Waals surface area contributed by atoms with Crippen LogP contribution in [0.5, 0.6) is 0 Å². The summed E-state index contributed by atoms with van der Waals surface area (Å²) in [4.78, 5) is 12.5. The minimum atomic E-state index is 0.112. The Hall–Kier alpha value is -2.21. The monoisotopic (exact) mass is 330 g/mol. The first-order chi connectivity index (χ1) is 11.1. The zero-order valence-electron chi connectivity index (χ0n) is 13.3. The Morgan fingerprint density at radius 3 is 2.78 bits per heavy atom. The van der Waals surface area contributed by atoms with Gasteiger partial charge in [-0.25, -0.2) is 0 Å². The fourth-order valence-corrected chi connectivity index (χ4v) is 3.38. The van der Waals surface area contributed by atoms with Gasteiger partial charge in [-0.3, -0.25) is 9.36 Å². The fraction of sp³-hybridized carbons (Fsp3) is 0.294. The molecule has 0 bridgehead atoms. The lowest BCUT2D eigenvalue weighted by Crippen LogP contribution is -2.06. The third-order valence-electron chi connectivity index (χ3n) is 3.63. The van der Waals surface area contributed by atoms with Crippen LogP contribution in [0, 0.1) is 20.8 Å². The molecule has 0 spiro atoms. The molecular weight excluding hydrogens is 312 g/mol. The van der Waals surface area contributed by atoms with Gasteiger partial charge < -0.3 is 8.94 Å². The standard InChI is InChI=1S/C17H18N2O3S/c1-11-7-15(13(3)19(11)17-8-12(2)22-18-17)16(20)10-23-9-14-5-4-6-21-14/h4-8H,9-10H2,1-3H3. The van der Waals surface area contributed by atoms with Crippen LogP contribution in [0.3, 0.4) is 0 Å².